The number of hydrogen-bond acceptors (Lipinski definition) is 4. The number of aromatic nitrogens is 2. The number of carbonyl (C=O) groups is 2. The van der Waals surface area contributed by atoms with E-state index in [9.17, 15) is 9.59 Å². The van der Waals surface area contributed by atoms with Gasteiger partial charge in [0.05, 0.1) is 24.0 Å². The van der Waals surface area contributed by atoms with Crippen molar-refractivity contribution in [1.29, 1.82) is 0 Å². The molecule has 3 aromatic rings. The summed E-state index contributed by atoms with van der Waals surface area (Å²) in [6.45, 7) is 2.43. The number of nitrogens with two attached hydrogens (primary N) is 1. The van der Waals surface area contributed by atoms with E-state index in [0.717, 1.165) is 11.3 Å². The van der Waals surface area contributed by atoms with Crippen LogP contribution in [0.25, 0.3) is 0 Å². The second kappa shape index (κ2) is 8.85. The lowest BCUT2D eigenvalue weighted by atomic mass is 10.1. The second-order valence-electron chi connectivity index (χ2n) is 6.24. The lowest BCUT2D eigenvalue weighted by Crippen LogP contribution is -2.20. The third kappa shape index (κ3) is 4.76. The Morgan fingerprint density at radius 3 is 2.46 bits per heavy atom. The molecule has 0 atom stereocenters. The number of ether oxygens (including phenoxy) is 1. The van der Waals surface area contributed by atoms with Gasteiger partial charge >= 0.3 is 0 Å². The van der Waals surface area contributed by atoms with Crippen LogP contribution in [0.3, 0.4) is 0 Å². The number of hydrogen-bond donors (Lipinski definition) is 2. The van der Waals surface area contributed by atoms with Gasteiger partial charge in [0.15, 0.2) is 6.61 Å². The summed E-state index contributed by atoms with van der Waals surface area (Å²) >= 11 is 0. The number of nitrogens with zero attached hydrogens (tertiary/aromatic N) is 2. The van der Waals surface area contributed by atoms with E-state index in [0.29, 0.717) is 30.0 Å². The van der Waals surface area contributed by atoms with Gasteiger partial charge < -0.3 is 15.8 Å². The highest BCUT2D eigenvalue weighted by Gasteiger charge is 2.16. The molecule has 0 unspecified atom stereocenters. The molecule has 1 heterocycles. The smallest absolute Gasteiger partial charge is 0.259 e. The summed E-state index contributed by atoms with van der Waals surface area (Å²) in [5.74, 6) is -0.263. The van der Waals surface area contributed by atoms with Gasteiger partial charge in [0.2, 0.25) is 0 Å². The van der Waals surface area contributed by atoms with Crippen LogP contribution in [0.4, 0.5) is 5.69 Å². The quantitative estimate of drug-likeness (QED) is 0.629. The number of rotatable bonds is 8. The topological polar surface area (TPSA) is 99.2 Å². The Kier molecular flexibility index (Phi) is 6.06. The maximum atomic E-state index is 12.7. The standard InChI is InChI=1S/C21H22N4O3/c1-2-19-18(12-23-25(19)13-15-6-4-3-5-7-15)21(27)24-16-8-10-17(11-9-16)28-14-20(22)26/h3-12H,2,13-14H2,1H3,(H2,22,26)(H,24,27). The Labute approximate surface area is 163 Å². The summed E-state index contributed by atoms with van der Waals surface area (Å²) < 4.78 is 7.06. The molecular formula is C21H22N4O3. The van der Waals surface area contributed by atoms with Crippen LogP contribution >= 0.6 is 0 Å². The molecule has 1 aromatic heterocycles. The molecule has 3 rings (SSSR count). The monoisotopic (exact) mass is 378 g/mol. The van der Waals surface area contributed by atoms with E-state index in [1.165, 1.54) is 0 Å². The second-order valence-corrected chi connectivity index (χ2v) is 6.24. The third-order valence-electron chi connectivity index (χ3n) is 4.20. The van der Waals surface area contributed by atoms with Gasteiger partial charge in [-0.05, 0) is 36.2 Å². The van der Waals surface area contributed by atoms with Crippen molar-refractivity contribution in [3.05, 3.63) is 77.6 Å². The lowest BCUT2D eigenvalue weighted by molar-refractivity contribution is -0.119. The predicted molar refractivity (Wildman–Crippen MR) is 106 cm³/mol. The molecule has 2 aromatic carbocycles. The molecule has 28 heavy (non-hydrogen) atoms. The Bertz CT molecular complexity index is 950. The van der Waals surface area contributed by atoms with Gasteiger partial charge in [0.1, 0.15) is 5.75 Å². The molecular weight excluding hydrogens is 356 g/mol. The minimum Gasteiger partial charge on any atom is -0.484 e. The highest BCUT2D eigenvalue weighted by Crippen LogP contribution is 2.18. The van der Waals surface area contributed by atoms with E-state index in [1.54, 1.807) is 30.5 Å². The zero-order valence-corrected chi connectivity index (χ0v) is 15.6. The number of benzene rings is 2. The van der Waals surface area contributed by atoms with Gasteiger partial charge in [-0.25, -0.2) is 0 Å². The molecule has 0 aliphatic heterocycles. The third-order valence-corrected chi connectivity index (χ3v) is 4.20. The van der Waals surface area contributed by atoms with Crippen LogP contribution in [0.1, 0.15) is 28.5 Å². The van der Waals surface area contributed by atoms with E-state index in [2.05, 4.69) is 10.4 Å². The molecule has 7 heteroatoms. The van der Waals surface area contributed by atoms with Crippen LogP contribution in [0.2, 0.25) is 0 Å². The molecule has 0 saturated heterocycles. The lowest BCUT2D eigenvalue weighted by Gasteiger charge is -2.09. The van der Waals surface area contributed by atoms with Gasteiger partial charge in [-0.3, -0.25) is 14.3 Å². The van der Waals surface area contributed by atoms with Crippen LogP contribution < -0.4 is 15.8 Å². The molecule has 144 valence electrons. The number of carbonyl (C=O) groups excluding carboxylic acids is 2. The average Bonchev–Trinajstić information content (AvgIpc) is 3.11. The predicted octanol–water partition coefficient (Wildman–Crippen LogP) is 2.61. The number of nitrogens with one attached hydrogen (secondary N) is 1. The zero-order chi connectivity index (χ0) is 19.9. The molecule has 0 fully saturated rings. The Morgan fingerprint density at radius 2 is 1.82 bits per heavy atom. The zero-order valence-electron chi connectivity index (χ0n) is 15.6. The first-order valence-corrected chi connectivity index (χ1v) is 8.98. The molecule has 0 aliphatic carbocycles. The number of amides is 2. The van der Waals surface area contributed by atoms with Gasteiger partial charge in [0, 0.05) is 5.69 Å². The summed E-state index contributed by atoms with van der Waals surface area (Å²) in [6.07, 6.45) is 2.29. The Hall–Kier alpha value is -3.61. The summed E-state index contributed by atoms with van der Waals surface area (Å²) in [5, 5.41) is 7.25. The fraction of sp³-hybridized carbons (Fsp3) is 0.190. The molecule has 0 spiro atoms. The van der Waals surface area contributed by atoms with Crippen LogP contribution in [0.15, 0.2) is 60.8 Å². The SMILES string of the molecule is CCc1c(C(=O)Nc2ccc(OCC(N)=O)cc2)cnn1Cc1ccccc1. The van der Waals surface area contributed by atoms with Crippen molar-refractivity contribution in [3.8, 4) is 5.75 Å². The van der Waals surface area contributed by atoms with Crippen molar-refractivity contribution in [2.75, 3.05) is 11.9 Å². The first-order chi connectivity index (χ1) is 13.6. The van der Waals surface area contributed by atoms with Crippen LogP contribution in [0, 0.1) is 0 Å². The summed E-state index contributed by atoms with van der Waals surface area (Å²) in [6, 6.07) is 16.7. The van der Waals surface area contributed by atoms with Crippen LogP contribution in [-0.4, -0.2) is 28.2 Å². The fourth-order valence-corrected chi connectivity index (χ4v) is 2.85. The molecule has 0 saturated carbocycles. The van der Waals surface area contributed by atoms with Crippen molar-refractivity contribution in [1.82, 2.24) is 9.78 Å². The Morgan fingerprint density at radius 1 is 1.11 bits per heavy atom. The van der Waals surface area contributed by atoms with Crippen molar-refractivity contribution < 1.29 is 14.3 Å². The largest absolute Gasteiger partial charge is 0.484 e. The molecule has 0 bridgehead atoms. The normalized spacial score (nSPS) is 10.5. The number of primary amides is 1. The highest BCUT2D eigenvalue weighted by atomic mass is 16.5. The Balaban J connectivity index is 1.69. The van der Waals surface area contributed by atoms with E-state index in [4.69, 9.17) is 10.5 Å². The summed E-state index contributed by atoms with van der Waals surface area (Å²) in [7, 11) is 0. The van der Waals surface area contributed by atoms with Crippen LogP contribution in [0.5, 0.6) is 5.75 Å². The molecule has 0 radical (unpaired) electrons. The highest BCUT2D eigenvalue weighted by molar-refractivity contribution is 6.05. The molecule has 7 nitrogen and oxygen atoms in total. The molecule has 3 N–H and O–H groups in total. The molecule has 0 aliphatic rings. The van der Waals surface area contributed by atoms with Crippen LogP contribution in [-0.2, 0) is 17.8 Å². The van der Waals surface area contributed by atoms with Gasteiger partial charge in [-0.1, -0.05) is 37.3 Å². The van der Waals surface area contributed by atoms with Gasteiger partial charge in [0.25, 0.3) is 11.8 Å². The maximum absolute atomic E-state index is 12.7. The van der Waals surface area contributed by atoms with E-state index < -0.39 is 5.91 Å². The van der Waals surface area contributed by atoms with Gasteiger partial charge in [-0.2, -0.15) is 5.10 Å². The minimum absolute atomic E-state index is 0.188. The average molecular weight is 378 g/mol. The van der Waals surface area contributed by atoms with E-state index in [-0.39, 0.29) is 12.5 Å². The van der Waals surface area contributed by atoms with Crippen molar-refractivity contribution in [2.45, 2.75) is 19.9 Å². The van der Waals surface area contributed by atoms with Crippen molar-refractivity contribution >= 4 is 17.5 Å². The van der Waals surface area contributed by atoms with E-state index >= 15 is 0 Å². The summed E-state index contributed by atoms with van der Waals surface area (Å²) in [4.78, 5) is 23.5. The first kappa shape index (κ1) is 19.2. The maximum Gasteiger partial charge on any atom is 0.259 e. The number of anilines is 1. The van der Waals surface area contributed by atoms with Gasteiger partial charge in [-0.15, -0.1) is 0 Å². The minimum atomic E-state index is -0.544. The van der Waals surface area contributed by atoms with Crippen molar-refractivity contribution in [3.63, 3.8) is 0 Å². The van der Waals surface area contributed by atoms with E-state index in [1.807, 2.05) is 41.9 Å². The summed E-state index contributed by atoms with van der Waals surface area (Å²) in [5.41, 5.74) is 8.22. The fourth-order valence-electron chi connectivity index (χ4n) is 2.85. The van der Waals surface area contributed by atoms with Crippen molar-refractivity contribution in [2.24, 2.45) is 5.73 Å². The molecule has 2 amide bonds. The first-order valence-electron chi connectivity index (χ1n) is 8.98.